The molecule has 0 unspecified atom stereocenters. The van der Waals surface area contributed by atoms with Crippen LogP contribution in [0.4, 0.5) is 0 Å². The number of rotatable bonds is 4. The number of carbonyl (C=O) groups is 1. The summed E-state index contributed by atoms with van der Waals surface area (Å²) in [5.74, 6) is 0.824. The molecule has 6 nitrogen and oxygen atoms in total. The molecule has 2 heterocycles. The van der Waals surface area contributed by atoms with Gasteiger partial charge in [0.2, 0.25) is 5.89 Å². The van der Waals surface area contributed by atoms with Crippen molar-refractivity contribution in [2.24, 2.45) is 0 Å². The Labute approximate surface area is 108 Å². The number of pyridine rings is 1. The van der Waals surface area contributed by atoms with Crippen LogP contribution in [-0.2, 0) is 6.42 Å². The van der Waals surface area contributed by atoms with Gasteiger partial charge < -0.3 is 9.84 Å². The molecule has 0 saturated heterocycles. The number of hydrogen-bond acceptors (Lipinski definition) is 5. The normalized spacial score (nSPS) is 10.3. The van der Waals surface area contributed by atoms with E-state index in [9.17, 15) is 4.79 Å². The van der Waals surface area contributed by atoms with Crippen LogP contribution in [0.5, 0.6) is 0 Å². The summed E-state index contributed by atoms with van der Waals surface area (Å²) in [6, 6.07) is 1.57. The summed E-state index contributed by atoms with van der Waals surface area (Å²) < 4.78 is 4.82. The Morgan fingerprint density at radius 3 is 3.06 bits per heavy atom. The highest BCUT2D eigenvalue weighted by Gasteiger charge is 2.10. The van der Waals surface area contributed by atoms with E-state index in [4.69, 9.17) is 16.1 Å². The second-order valence-corrected chi connectivity index (χ2v) is 4.00. The number of nitrogens with zero attached hydrogens (tertiary/aromatic N) is 3. The Morgan fingerprint density at radius 1 is 1.56 bits per heavy atom. The molecule has 0 aliphatic carbocycles. The van der Waals surface area contributed by atoms with Gasteiger partial charge in [-0.15, -0.1) is 0 Å². The molecule has 0 saturated carbocycles. The number of amides is 1. The number of carbonyl (C=O) groups excluding carboxylic acids is 1. The van der Waals surface area contributed by atoms with Crippen LogP contribution in [0, 0.1) is 6.92 Å². The van der Waals surface area contributed by atoms with Crippen molar-refractivity contribution < 1.29 is 9.32 Å². The van der Waals surface area contributed by atoms with Crippen LogP contribution in [-0.4, -0.2) is 27.6 Å². The third-order valence-electron chi connectivity index (χ3n) is 2.22. The molecule has 0 spiro atoms. The van der Waals surface area contributed by atoms with Crippen molar-refractivity contribution in [3.05, 3.63) is 40.8 Å². The van der Waals surface area contributed by atoms with Gasteiger partial charge in [-0.2, -0.15) is 4.98 Å². The molecule has 1 N–H and O–H groups in total. The summed E-state index contributed by atoms with van der Waals surface area (Å²) >= 11 is 5.86. The van der Waals surface area contributed by atoms with Crippen LogP contribution in [0.3, 0.4) is 0 Å². The second kappa shape index (κ2) is 5.59. The van der Waals surface area contributed by atoms with E-state index in [1.807, 2.05) is 0 Å². The number of halogens is 1. The van der Waals surface area contributed by atoms with Crippen LogP contribution in [0.2, 0.25) is 5.02 Å². The number of nitrogens with one attached hydrogen (secondary N) is 1. The van der Waals surface area contributed by atoms with Crippen molar-refractivity contribution in [2.45, 2.75) is 13.3 Å². The smallest absolute Gasteiger partial charge is 0.252 e. The second-order valence-electron chi connectivity index (χ2n) is 3.59. The lowest BCUT2D eigenvalue weighted by Gasteiger charge is -2.04. The fraction of sp³-hybridized carbons (Fsp3) is 0.273. The molecule has 94 valence electrons. The van der Waals surface area contributed by atoms with Crippen LogP contribution in [0.15, 0.2) is 23.0 Å². The average molecular weight is 267 g/mol. The fourth-order valence-electron chi connectivity index (χ4n) is 1.39. The van der Waals surface area contributed by atoms with E-state index in [2.05, 4.69) is 20.4 Å². The molecule has 0 radical (unpaired) electrons. The van der Waals surface area contributed by atoms with Gasteiger partial charge in [0.15, 0.2) is 5.82 Å². The monoisotopic (exact) mass is 266 g/mol. The first-order chi connectivity index (χ1) is 8.66. The first-order valence-corrected chi connectivity index (χ1v) is 5.71. The molecule has 2 rings (SSSR count). The lowest BCUT2D eigenvalue weighted by molar-refractivity contribution is 0.0954. The fourth-order valence-corrected chi connectivity index (χ4v) is 1.59. The summed E-state index contributed by atoms with van der Waals surface area (Å²) in [5, 5.41) is 6.78. The highest BCUT2D eigenvalue weighted by atomic mass is 35.5. The lowest BCUT2D eigenvalue weighted by Crippen LogP contribution is -2.26. The number of aryl methyl sites for hydroxylation is 1. The lowest BCUT2D eigenvalue weighted by atomic mass is 10.2. The molecule has 0 fully saturated rings. The highest BCUT2D eigenvalue weighted by Crippen LogP contribution is 2.12. The van der Waals surface area contributed by atoms with Crippen LogP contribution >= 0.6 is 11.6 Å². The maximum atomic E-state index is 11.8. The molecule has 7 heteroatoms. The molecule has 2 aromatic rings. The summed E-state index contributed by atoms with van der Waals surface area (Å²) in [6.45, 7) is 2.13. The zero-order valence-corrected chi connectivity index (χ0v) is 10.4. The molecule has 0 aliphatic rings. The van der Waals surface area contributed by atoms with Crippen molar-refractivity contribution in [3.8, 4) is 0 Å². The van der Waals surface area contributed by atoms with Crippen molar-refractivity contribution in [1.29, 1.82) is 0 Å². The zero-order valence-electron chi connectivity index (χ0n) is 9.68. The quantitative estimate of drug-likeness (QED) is 0.905. The molecule has 0 aliphatic heterocycles. The first-order valence-electron chi connectivity index (χ1n) is 5.33. The van der Waals surface area contributed by atoms with Crippen molar-refractivity contribution in [1.82, 2.24) is 20.4 Å². The third-order valence-corrected chi connectivity index (χ3v) is 2.52. The van der Waals surface area contributed by atoms with Gasteiger partial charge in [0.1, 0.15) is 0 Å². The summed E-state index contributed by atoms with van der Waals surface area (Å²) in [7, 11) is 0. The Morgan fingerprint density at radius 2 is 2.39 bits per heavy atom. The van der Waals surface area contributed by atoms with E-state index in [0.29, 0.717) is 35.3 Å². The third kappa shape index (κ3) is 3.04. The minimum Gasteiger partial charge on any atom is -0.352 e. The highest BCUT2D eigenvalue weighted by molar-refractivity contribution is 6.33. The molecule has 18 heavy (non-hydrogen) atoms. The van der Waals surface area contributed by atoms with Gasteiger partial charge in [0, 0.05) is 32.3 Å². The van der Waals surface area contributed by atoms with Crippen molar-refractivity contribution >= 4 is 17.5 Å². The molecule has 0 bridgehead atoms. The largest absolute Gasteiger partial charge is 0.352 e. The van der Waals surface area contributed by atoms with Crippen molar-refractivity contribution in [3.63, 3.8) is 0 Å². The molecule has 1 amide bonds. The van der Waals surface area contributed by atoms with Crippen LogP contribution in [0.1, 0.15) is 22.1 Å². The molecule has 0 atom stereocenters. The molecular formula is C11H11ClN4O2. The SMILES string of the molecule is Cc1nc(CCNC(=O)c2ccncc2Cl)no1. The summed E-state index contributed by atoms with van der Waals surface area (Å²) in [5.41, 5.74) is 0.399. The zero-order chi connectivity index (χ0) is 13.0. The van der Waals surface area contributed by atoms with Gasteiger partial charge in [0.05, 0.1) is 10.6 Å². The molecule has 2 aromatic heterocycles. The standard InChI is InChI=1S/C11H11ClN4O2/c1-7-15-10(16-18-7)3-5-14-11(17)8-2-4-13-6-9(8)12/h2,4,6H,3,5H2,1H3,(H,14,17). The summed E-state index contributed by atoms with van der Waals surface area (Å²) in [6.07, 6.45) is 3.45. The number of hydrogen-bond donors (Lipinski definition) is 1. The van der Waals surface area contributed by atoms with E-state index in [1.54, 1.807) is 13.0 Å². The van der Waals surface area contributed by atoms with Gasteiger partial charge in [-0.1, -0.05) is 16.8 Å². The van der Waals surface area contributed by atoms with E-state index >= 15 is 0 Å². The Hall–Kier alpha value is -1.95. The van der Waals surface area contributed by atoms with E-state index < -0.39 is 0 Å². The van der Waals surface area contributed by atoms with Crippen LogP contribution < -0.4 is 5.32 Å². The van der Waals surface area contributed by atoms with E-state index in [0.717, 1.165) is 0 Å². The molecule has 0 aromatic carbocycles. The van der Waals surface area contributed by atoms with Gasteiger partial charge in [-0.05, 0) is 6.07 Å². The number of aromatic nitrogens is 3. The molecular weight excluding hydrogens is 256 g/mol. The van der Waals surface area contributed by atoms with Gasteiger partial charge in [-0.25, -0.2) is 0 Å². The topological polar surface area (TPSA) is 80.9 Å². The maximum Gasteiger partial charge on any atom is 0.252 e. The van der Waals surface area contributed by atoms with Gasteiger partial charge in [0.25, 0.3) is 5.91 Å². The minimum atomic E-state index is -0.248. The Balaban J connectivity index is 1.87. The average Bonchev–Trinajstić information content (AvgIpc) is 2.75. The van der Waals surface area contributed by atoms with Crippen molar-refractivity contribution in [2.75, 3.05) is 6.54 Å². The van der Waals surface area contributed by atoms with Gasteiger partial charge in [-0.3, -0.25) is 9.78 Å². The Bertz CT molecular complexity index is 555. The van der Waals surface area contributed by atoms with E-state index in [-0.39, 0.29) is 5.91 Å². The Kier molecular flexibility index (Phi) is 3.88. The minimum absolute atomic E-state index is 0.248. The van der Waals surface area contributed by atoms with Gasteiger partial charge >= 0.3 is 0 Å². The maximum absolute atomic E-state index is 11.8. The van der Waals surface area contributed by atoms with E-state index in [1.165, 1.54) is 12.4 Å². The first kappa shape index (κ1) is 12.5. The predicted octanol–water partition coefficient (Wildman–Crippen LogP) is 1.40. The van der Waals surface area contributed by atoms with Crippen LogP contribution in [0.25, 0.3) is 0 Å². The summed E-state index contributed by atoms with van der Waals surface area (Å²) in [4.78, 5) is 19.6. The predicted molar refractivity (Wildman–Crippen MR) is 64.3 cm³/mol.